The Bertz CT molecular complexity index is 237. The molecule has 0 aromatic rings. The number of rotatable bonds is 2. The predicted molar refractivity (Wildman–Crippen MR) is 69.7 cm³/mol. The molecular formula is C14H28N2. The minimum Gasteiger partial charge on any atom is -0.315 e. The van der Waals surface area contributed by atoms with Gasteiger partial charge in [0, 0.05) is 18.1 Å². The number of nitrogens with one attached hydrogen (secondary N) is 1. The second kappa shape index (κ2) is 4.66. The Balaban J connectivity index is 2.08. The van der Waals surface area contributed by atoms with Crippen LogP contribution < -0.4 is 5.32 Å². The summed E-state index contributed by atoms with van der Waals surface area (Å²) >= 11 is 0. The summed E-state index contributed by atoms with van der Waals surface area (Å²) in [5.74, 6) is 0. The molecule has 94 valence electrons. The molecule has 0 spiro atoms. The number of likely N-dealkylation sites (N-methyl/N-ethyl adjacent to an activating group) is 1. The van der Waals surface area contributed by atoms with Gasteiger partial charge in [-0.1, -0.05) is 13.8 Å². The number of nitrogens with zero attached hydrogens (tertiary/aromatic N) is 1. The third kappa shape index (κ3) is 2.43. The maximum Gasteiger partial charge on any atom is 0.0257 e. The lowest BCUT2D eigenvalue weighted by atomic mass is 9.72. The molecule has 16 heavy (non-hydrogen) atoms. The fraction of sp³-hybridized carbons (Fsp3) is 1.00. The number of hydrogen-bond acceptors (Lipinski definition) is 2. The van der Waals surface area contributed by atoms with Gasteiger partial charge in [0.15, 0.2) is 0 Å². The molecule has 1 aliphatic heterocycles. The second-order valence-corrected chi connectivity index (χ2v) is 6.60. The van der Waals surface area contributed by atoms with Crippen LogP contribution in [-0.2, 0) is 0 Å². The van der Waals surface area contributed by atoms with Gasteiger partial charge >= 0.3 is 0 Å². The largest absolute Gasteiger partial charge is 0.315 e. The Morgan fingerprint density at radius 1 is 1.25 bits per heavy atom. The fourth-order valence-electron chi connectivity index (χ4n) is 3.68. The highest BCUT2D eigenvalue weighted by Gasteiger charge is 2.39. The van der Waals surface area contributed by atoms with Crippen LogP contribution in [0.15, 0.2) is 0 Å². The maximum atomic E-state index is 3.55. The lowest BCUT2D eigenvalue weighted by Crippen LogP contribution is -2.54. The third-order valence-electron chi connectivity index (χ3n) is 4.76. The highest BCUT2D eigenvalue weighted by Crippen LogP contribution is 2.39. The third-order valence-corrected chi connectivity index (χ3v) is 4.76. The van der Waals surface area contributed by atoms with Gasteiger partial charge in [-0.05, 0) is 58.0 Å². The minimum absolute atomic E-state index is 0.542. The van der Waals surface area contributed by atoms with Crippen LogP contribution in [0, 0.1) is 5.41 Å². The molecule has 2 rings (SSSR count). The summed E-state index contributed by atoms with van der Waals surface area (Å²) in [6.45, 7) is 8.60. The van der Waals surface area contributed by atoms with Crippen molar-refractivity contribution in [3.8, 4) is 0 Å². The average molecular weight is 224 g/mol. The first-order chi connectivity index (χ1) is 7.53. The lowest BCUT2D eigenvalue weighted by molar-refractivity contribution is 0.0634. The van der Waals surface area contributed by atoms with Gasteiger partial charge < -0.3 is 5.32 Å². The normalized spacial score (nSPS) is 40.1. The fourth-order valence-corrected chi connectivity index (χ4v) is 3.68. The summed E-state index contributed by atoms with van der Waals surface area (Å²) in [6.07, 6.45) is 6.87. The van der Waals surface area contributed by atoms with Crippen molar-refractivity contribution < 1.29 is 0 Å². The topological polar surface area (TPSA) is 15.3 Å². The molecule has 0 bridgehead atoms. The molecule has 1 saturated heterocycles. The van der Waals surface area contributed by atoms with Crippen LogP contribution in [-0.4, -0.2) is 36.6 Å². The molecule has 2 nitrogen and oxygen atoms in total. The molecule has 2 fully saturated rings. The molecule has 0 radical (unpaired) electrons. The monoisotopic (exact) mass is 224 g/mol. The lowest BCUT2D eigenvalue weighted by Gasteiger charge is -2.46. The summed E-state index contributed by atoms with van der Waals surface area (Å²) in [6, 6.07) is 2.29. The van der Waals surface area contributed by atoms with Gasteiger partial charge in [-0.15, -0.1) is 0 Å². The van der Waals surface area contributed by atoms with Crippen molar-refractivity contribution >= 4 is 0 Å². The Morgan fingerprint density at radius 3 is 2.56 bits per heavy atom. The SMILES string of the molecule is CNC1CCC(C)(C)CC1N1CCCC1C. The average Bonchev–Trinajstić information content (AvgIpc) is 2.63. The highest BCUT2D eigenvalue weighted by atomic mass is 15.2. The zero-order valence-corrected chi connectivity index (χ0v) is 11.4. The first kappa shape index (κ1) is 12.4. The summed E-state index contributed by atoms with van der Waals surface area (Å²) in [5.41, 5.74) is 0.542. The van der Waals surface area contributed by atoms with Crippen LogP contribution in [0.4, 0.5) is 0 Å². The Morgan fingerprint density at radius 2 is 2.00 bits per heavy atom. The highest BCUT2D eigenvalue weighted by molar-refractivity contribution is 4.96. The van der Waals surface area contributed by atoms with Gasteiger partial charge in [0.05, 0.1) is 0 Å². The first-order valence-electron chi connectivity index (χ1n) is 6.96. The van der Waals surface area contributed by atoms with E-state index in [1.165, 1.54) is 38.6 Å². The van der Waals surface area contributed by atoms with E-state index in [0.717, 1.165) is 12.1 Å². The molecule has 3 atom stereocenters. The number of hydrogen-bond donors (Lipinski definition) is 1. The molecule has 1 aliphatic carbocycles. The van der Waals surface area contributed by atoms with Crippen LogP contribution in [0.2, 0.25) is 0 Å². The Hall–Kier alpha value is -0.0800. The van der Waals surface area contributed by atoms with Crippen molar-refractivity contribution in [1.29, 1.82) is 0 Å². The van der Waals surface area contributed by atoms with Crippen molar-refractivity contribution in [2.45, 2.75) is 71.0 Å². The smallest absolute Gasteiger partial charge is 0.0257 e. The van der Waals surface area contributed by atoms with Gasteiger partial charge in [-0.2, -0.15) is 0 Å². The zero-order chi connectivity index (χ0) is 11.8. The molecule has 1 heterocycles. The molecule has 1 saturated carbocycles. The standard InChI is InChI=1S/C14H28N2/c1-11-6-5-9-16(11)13-10-14(2,3)8-7-12(13)15-4/h11-13,15H,5-10H2,1-4H3. The van der Waals surface area contributed by atoms with Gasteiger partial charge in [-0.25, -0.2) is 0 Å². The first-order valence-corrected chi connectivity index (χ1v) is 6.96. The van der Waals surface area contributed by atoms with Crippen LogP contribution in [0.25, 0.3) is 0 Å². The number of likely N-dealkylation sites (tertiary alicyclic amines) is 1. The Kier molecular flexibility index (Phi) is 3.60. The van der Waals surface area contributed by atoms with Crippen molar-refractivity contribution in [3.63, 3.8) is 0 Å². The summed E-state index contributed by atoms with van der Waals surface area (Å²) in [5, 5.41) is 3.55. The molecule has 0 amide bonds. The molecule has 1 N–H and O–H groups in total. The minimum atomic E-state index is 0.542. The van der Waals surface area contributed by atoms with E-state index in [1.807, 2.05) is 0 Å². The quantitative estimate of drug-likeness (QED) is 0.776. The summed E-state index contributed by atoms with van der Waals surface area (Å²) < 4.78 is 0. The van der Waals surface area contributed by atoms with Crippen LogP contribution in [0.1, 0.15) is 52.9 Å². The van der Waals surface area contributed by atoms with E-state index in [1.54, 1.807) is 0 Å². The summed E-state index contributed by atoms with van der Waals surface area (Å²) in [4.78, 5) is 2.77. The van der Waals surface area contributed by atoms with E-state index in [9.17, 15) is 0 Å². The van der Waals surface area contributed by atoms with Crippen LogP contribution >= 0.6 is 0 Å². The van der Waals surface area contributed by atoms with E-state index in [2.05, 4.69) is 38.0 Å². The van der Waals surface area contributed by atoms with Gasteiger partial charge in [-0.3, -0.25) is 4.90 Å². The molecule has 2 heteroatoms. The molecular weight excluding hydrogens is 196 g/mol. The van der Waals surface area contributed by atoms with E-state index >= 15 is 0 Å². The van der Waals surface area contributed by atoms with E-state index in [4.69, 9.17) is 0 Å². The van der Waals surface area contributed by atoms with Crippen molar-refractivity contribution in [1.82, 2.24) is 10.2 Å². The summed E-state index contributed by atoms with van der Waals surface area (Å²) in [7, 11) is 2.14. The van der Waals surface area contributed by atoms with Gasteiger partial charge in [0.25, 0.3) is 0 Å². The predicted octanol–water partition coefficient (Wildman–Crippen LogP) is 2.64. The maximum absolute atomic E-state index is 3.55. The van der Waals surface area contributed by atoms with Crippen molar-refractivity contribution in [2.75, 3.05) is 13.6 Å². The zero-order valence-electron chi connectivity index (χ0n) is 11.4. The van der Waals surface area contributed by atoms with Crippen LogP contribution in [0.5, 0.6) is 0 Å². The van der Waals surface area contributed by atoms with E-state index in [0.29, 0.717) is 11.5 Å². The molecule has 2 aliphatic rings. The van der Waals surface area contributed by atoms with E-state index in [-0.39, 0.29) is 0 Å². The van der Waals surface area contributed by atoms with Gasteiger partial charge in [0.2, 0.25) is 0 Å². The second-order valence-electron chi connectivity index (χ2n) is 6.60. The van der Waals surface area contributed by atoms with Gasteiger partial charge in [0.1, 0.15) is 0 Å². The van der Waals surface area contributed by atoms with Crippen molar-refractivity contribution in [2.24, 2.45) is 5.41 Å². The Labute approximate surface area is 101 Å². The van der Waals surface area contributed by atoms with E-state index < -0.39 is 0 Å². The van der Waals surface area contributed by atoms with Crippen molar-refractivity contribution in [3.05, 3.63) is 0 Å². The molecule has 3 unspecified atom stereocenters. The molecule has 0 aromatic heterocycles. The molecule has 0 aromatic carbocycles. The van der Waals surface area contributed by atoms with Crippen LogP contribution in [0.3, 0.4) is 0 Å².